The van der Waals surface area contributed by atoms with Crippen LogP contribution in [0.25, 0.3) is 16.8 Å². The van der Waals surface area contributed by atoms with E-state index in [9.17, 15) is 4.79 Å². The van der Waals surface area contributed by atoms with Crippen LogP contribution >= 0.6 is 0 Å². The second-order valence-electron chi connectivity index (χ2n) is 9.46. The number of aromatic nitrogens is 2. The predicted octanol–water partition coefficient (Wildman–Crippen LogP) is 6.30. The molecule has 0 saturated heterocycles. The van der Waals surface area contributed by atoms with E-state index in [1.807, 2.05) is 67.3 Å². The summed E-state index contributed by atoms with van der Waals surface area (Å²) in [5.74, 6) is 6.48. The van der Waals surface area contributed by atoms with E-state index < -0.39 is 0 Å². The summed E-state index contributed by atoms with van der Waals surface area (Å²) >= 11 is 0. The SMILES string of the molecule is C/C=C(\C=C/N(C=O)CCC(C)(C)C)c1ccc(C#Cc2ccc(-c3ccnn3C)cc2)cc1. The van der Waals surface area contributed by atoms with Crippen LogP contribution in [-0.4, -0.2) is 27.6 Å². The van der Waals surface area contributed by atoms with Crippen molar-refractivity contribution in [1.82, 2.24) is 14.7 Å². The smallest absolute Gasteiger partial charge is 0.213 e. The molecule has 2 aromatic carbocycles. The van der Waals surface area contributed by atoms with Crippen molar-refractivity contribution in [2.75, 3.05) is 6.54 Å². The number of hydrogen-bond acceptors (Lipinski definition) is 2. The van der Waals surface area contributed by atoms with Gasteiger partial charge in [0.25, 0.3) is 0 Å². The average molecular weight is 452 g/mol. The second-order valence-corrected chi connectivity index (χ2v) is 9.46. The third-order valence-corrected chi connectivity index (χ3v) is 5.58. The van der Waals surface area contributed by atoms with Gasteiger partial charge in [0, 0.05) is 37.1 Å². The van der Waals surface area contributed by atoms with E-state index in [2.05, 4.69) is 62.0 Å². The van der Waals surface area contributed by atoms with Gasteiger partial charge in [0.15, 0.2) is 0 Å². The molecular formula is C30H33N3O. The Balaban J connectivity index is 1.66. The standard InChI is InChI=1S/C30H33N3O/c1-6-26(18-21-33(23-34)22-19-30(2,3)4)27-13-9-24(10-14-27)7-8-25-11-15-28(16-12-25)29-17-20-31-32(29)5/h6,9-18,20-21,23H,19,22H2,1-5H3/b21-18-,26-6+. The Labute approximate surface area is 203 Å². The van der Waals surface area contributed by atoms with Crippen molar-refractivity contribution in [2.45, 2.75) is 34.1 Å². The fourth-order valence-electron chi connectivity index (χ4n) is 3.43. The van der Waals surface area contributed by atoms with E-state index in [4.69, 9.17) is 0 Å². The molecule has 174 valence electrons. The van der Waals surface area contributed by atoms with E-state index in [-0.39, 0.29) is 5.41 Å². The van der Waals surface area contributed by atoms with Crippen molar-refractivity contribution < 1.29 is 4.79 Å². The van der Waals surface area contributed by atoms with E-state index in [1.165, 1.54) is 0 Å². The molecule has 3 aromatic rings. The van der Waals surface area contributed by atoms with Crippen molar-refractivity contribution in [2.24, 2.45) is 12.5 Å². The Kier molecular flexibility index (Phi) is 8.27. The van der Waals surface area contributed by atoms with Crippen molar-refractivity contribution in [3.05, 3.63) is 95.8 Å². The quantitative estimate of drug-likeness (QED) is 0.240. The number of allylic oxidation sites excluding steroid dienone is 3. The lowest BCUT2D eigenvalue weighted by Crippen LogP contribution is -2.21. The first kappa shape index (κ1) is 24.8. The lowest BCUT2D eigenvalue weighted by atomic mass is 9.92. The Morgan fingerprint density at radius 3 is 2.12 bits per heavy atom. The van der Waals surface area contributed by atoms with Crippen LogP contribution in [0.1, 0.15) is 50.8 Å². The summed E-state index contributed by atoms with van der Waals surface area (Å²) in [7, 11) is 1.94. The molecule has 0 unspecified atom stereocenters. The Hall–Kier alpha value is -3.84. The minimum Gasteiger partial charge on any atom is -0.322 e. The molecule has 0 spiro atoms. The second kappa shape index (κ2) is 11.3. The van der Waals surface area contributed by atoms with Gasteiger partial charge in [-0.05, 0) is 71.9 Å². The summed E-state index contributed by atoms with van der Waals surface area (Å²) in [6, 6.07) is 18.4. The molecule has 0 N–H and O–H groups in total. The summed E-state index contributed by atoms with van der Waals surface area (Å²) in [6.07, 6.45) is 9.53. The zero-order chi connectivity index (χ0) is 24.6. The van der Waals surface area contributed by atoms with Crippen molar-refractivity contribution in [3.63, 3.8) is 0 Å². The Bertz CT molecular complexity index is 1210. The lowest BCUT2D eigenvalue weighted by Gasteiger charge is -2.21. The molecule has 0 aliphatic carbocycles. The molecule has 4 heteroatoms. The van der Waals surface area contributed by atoms with E-state index in [0.717, 1.165) is 46.4 Å². The van der Waals surface area contributed by atoms with Gasteiger partial charge in [0.2, 0.25) is 6.41 Å². The van der Waals surface area contributed by atoms with Gasteiger partial charge in [-0.1, -0.05) is 63.0 Å². The van der Waals surface area contributed by atoms with E-state index >= 15 is 0 Å². The number of carbonyl (C=O) groups excluding carboxylic acids is 1. The number of benzene rings is 2. The normalized spacial score (nSPS) is 11.9. The highest BCUT2D eigenvalue weighted by molar-refractivity contribution is 5.74. The third-order valence-electron chi connectivity index (χ3n) is 5.58. The average Bonchev–Trinajstić information content (AvgIpc) is 3.26. The summed E-state index contributed by atoms with van der Waals surface area (Å²) < 4.78 is 1.86. The van der Waals surface area contributed by atoms with Gasteiger partial charge in [0.1, 0.15) is 0 Å². The molecule has 0 bridgehead atoms. The molecule has 0 saturated carbocycles. The molecule has 0 aliphatic rings. The molecule has 0 radical (unpaired) electrons. The topological polar surface area (TPSA) is 38.1 Å². The molecule has 1 heterocycles. The van der Waals surface area contributed by atoms with Crippen LogP contribution < -0.4 is 0 Å². The van der Waals surface area contributed by atoms with Crippen LogP contribution in [0.3, 0.4) is 0 Å². The van der Waals surface area contributed by atoms with Gasteiger partial charge in [-0.25, -0.2) is 0 Å². The van der Waals surface area contributed by atoms with Crippen LogP contribution in [0, 0.1) is 17.3 Å². The van der Waals surface area contributed by atoms with E-state index in [0.29, 0.717) is 6.54 Å². The Morgan fingerprint density at radius 2 is 1.62 bits per heavy atom. The molecule has 1 aromatic heterocycles. The van der Waals surface area contributed by atoms with Crippen molar-refractivity contribution in [1.29, 1.82) is 0 Å². The molecule has 0 fully saturated rings. The van der Waals surface area contributed by atoms with E-state index in [1.54, 1.807) is 11.1 Å². The first-order valence-corrected chi connectivity index (χ1v) is 11.6. The molecule has 1 amide bonds. The summed E-state index contributed by atoms with van der Waals surface area (Å²) in [4.78, 5) is 13.1. The van der Waals surface area contributed by atoms with Crippen LogP contribution in [-0.2, 0) is 11.8 Å². The zero-order valence-corrected chi connectivity index (χ0v) is 20.7. The molecule has 0 atom stereocenters. The van der Waals surface area contributed by atoms with Crippen LogP contribution in [0.15, 0.2) is 79.1 Å². The maximum absolute atomic E-state index is 11.4. The molecule has 0 aliphatic heterocycles. The van der Waals surface area contributed by atoms with Crippen molar-refractivity contribution in [3.8, 4) is 23.1 Å². The highest BCUT2D eigenvalue weighted by Crippen LogP contribution is 2.21. The first-order chi connectivity index (χ1) is 16.3. The van der Waals surface area contributed by atoms with Gasteiger partial charge in [0.05, 0.1) is 5.69 Å². The maximum atomic E-state index is 11.4. The summed E-state index contributed by atoms with van der Waals surface area (Å²) in [6.45, 7) is 9.25. The highest BCUT2D eigenvalue weighted by Gasteiger charge is 2.11. The largest absolute Gasteiger partial charge is 0.322 e. The van der Waals surface area contributed by atoms with Crippen molar-refractivity contribution >= 4 is 12.0 Å². The number of nitrogens with zero attached hydrogens (tertiary/aromatic N) is 3. The summed E-state index contributed by atoms with van der Waals surface area (Å²) in [5, 5.41) is 4.22. The minimum atomic E-state index is 0.191. The summed E-state index contributed by atoms with van der Waals surface area (Å²) in [5.41, 5.74) is 6.47. The molecular weight excluding hydrogens is 418 g/mol. The van der Waals surface area contributed by atoms with Gasteiger partial charge < -0.3 is 4.90 Å². The number of hydrogen-bond donors (Lipinski definition) is 0. The van der Waals surface area contributed by atoms with Gasteiger partial charge in [-0.3, -0.25) is 9.48 Å². The fraction of sp³-hybridized carbons (Fsp3) is 0.267. The van der Waals surface area contributed by atoms with Gasteiger partial charge >= 0.3 is 0 Å². The van der Waals surface area contributed by atoms with Crippen LogP contribution in [0.5, 0.6) is 0 Å². The highest BCUT2D eigenvalue weighted by atomic mass is 16.1. The Morgan fingerprint density at radius 1 is 1.00 bits per heavy atom. The molecule has 34 heavy (non-hydrogen) atoms. The maximum Gasteiger partial charge on any atom is 0.213 e. The number of carbonyl (C=O) groups is 1. The lowest BCUT2D eigenvalue weighted by molar-refractivity contribution is -0.116. The van der Waals surface area contributed by atoms with Gasteiger partial charge in [-0.2, -0.15) is 5.10 Å². The predicted molar refractivity (Wildman–Crippen MR) is 141 cm³/mol. The monoisotopic (exact) mass is 451 g/mol. The fourth-order valence-corrected chi connectivity index (χ4v) is 3.43. The minimum absolute atomic E-state index is 0.191. The number of rotatable bonds is 7. The molecule has 4 nitrogen and oxygen atoms in total. The first-order valence-electron chi connectivity index (χ1n) is 11.6. The zero-order valence-electron chi connectivity index (χ0n) is 20.7. The number of amides is 1. The van der Waals surface area contributed by atoms with Crippen LogP contribution in [0.4, 0.5) is 0 Å². The number of aryl methyl sites for hydroxylation is 1. The third kappa shape index (κ3) is 7.08. The van der Waals surface area contributed by atoms with Gasteiger partial charge in [-0.15, -0.1) is 0 Å². The van der Waals surface area contributed by atoms with Crippen LogP contribution in [0.2, 0.25) is 0 Å². The molecule has 3 rings (SSSR count).